The molecule has 0 atom stereocenters. The summed E-state index contributed by atoms with van der Waals surface area (Å²) in [5.74, 6) is 5.15. The van der Waals surface area contributed by atoms with E-state index in [0.717, 1.165) is 16.7 Å². The average molecular weight is 163 g/mol. The van der Waals surface area contributed by atoms with Gasteiger partial charge in [-0.1, -0.05) is 6.07 Å². The van der Waals surface area contributed by atoms with Gasteiger partial charge in [0, 0.05) is 0 Å². The van der Waals surface area contributed by atoms with E-state index in [0.29, 0.717) is 6.01 Å². The highest BCUT2D eigenvalue weighted by atomic mass is 16.4. The van der Waals surface area contributed by atoms with Crippen molar-refractivity contribution < 1.29 is 4.42 Å². The van der Waals surface area contributed by atoms with Crippen molar-refractivity contribution in [1.82, 2.24) is 4.98 Å². The summed E-state index contributed by atoms with van der Waals surface area (Å²) in [6.45, 7) is 2.00. The molecule has 0 bridgehead atoms. The zero-order valence-corrected chi connectivity index (χ0v) is 6.66. The summed E-state index contributed by atoms with van der Waals surface area (Å²) in [5.41, 5.74) is 5.07. The van der Waals surface area contributed by atoms with Crippen molar-refractivity contribution in [3.8, 4) is 0 Å². The molecule has 1 heterocycles. The second kappa shape index (κ2) is 2.49. The van der Waals surface area contributed by atoms with Gasteiger partial charge in [-0.15, -0.1) is 0 Å². The van der Waals surface area contributed by atoms with E-state index in [1.54, 1.807) is 0 Å². The number of aryl methyl sites for hydroxylation is 1. The second-order valence-electron chi connectivity index (χ2n) is 2.63. The standard InChI is InChI=1S/C8H9N3O/c1-5-2-3-6-7(4-5)12-8(10-6)11-9/h2-4H,9H2,1H3,(H,10,11). The minimum Gasteiger partial charge on any atom is -0.423 e. The fourth-order valence-corrected chi connectivity index (χ4v) is 1.09. The molecule has 4 nitrogen and oxygen atoms in total. The molecule has 3 N–H and O–H groups in total. The van der Waals surface area contributed by atoms with Gasteiger partial charge in [0.05, 0.1) is 0 Å². The molecule has 62 valence electrons. The van der Waals surface area contributed by atoms with Crippen LogP contribution in [0.1, 0.15) is 5.56 Å². The third kappa shape index (κ3) is 1.02. The van der Waals surface area contributed by atoms with Gasteiger partial charge in [0.2, 0.25) is 0 Å². The average Bonchev–Trinajstić information content (AvgIpc) is 2.46. The van der Waals surface area contributed by atoms with Gasteiger partial charge in [-0.25, -0.2) is 5.84 Å². The lowest BCUT2D eigenvalue weighted by molar-refractivity contribution is 0.616. The van der Waals surface area contributed by atoms with E-state index in [-0.39, 0.29) is 0 Å². The monoisotopic (exact) mass is 163 g/mol. The topological polar surface area (TPSA) is 64.1 Å². The maximum atomic E-state index is 5.25. The molecule has 0 spiro atoms. The number of aromatic nitrogens is 1. The number of nitrogens with zero attached hydrogens (tertiary/aromatic N) is 1. The predicted octanol–water partition coefficient (Wildman–Crippen LogP) is 1.42. The van der Waals surface area contributed by atoms with Crippen LogP contribution in [0.3, 0.4) is 0 Å². The lowest BCUT2D eigenvalue weighted by atomic mass is 10.2. The maximum Gasteiger partial charge on any atom is 0.310 e. The maximum absolute atomic E-state index is 5.25. The van der Waals surface area contributed by atoms with E-state index in [9.17, 15) is 0 Å². The Hall–Kier alpha value is -1.55. The molecule has 0 aliphatic heterocycles. The summed E-state index contributed by atoms with van der Waals surface area (Å²) in [5, 5.41) is 0. The summed E-state index contributed by atoms with van der Waals surface area (Å²) in [4.78, 5) is 4.07. The molecule has 0 radical (unpaired) electrons. The van der Waals surface area contributed by atoms with Gasteiger partial charge in [-0.2, -0.15) is 4.98 Å². The van der Waals surface area contributed by atoms with Gasteiger partial charge in [-0.05, 0) is 24.6 Å². The van der Waals surface area contributed by atoms with E-state index in [4.69, 9.17) is 10.3 Å². The molecule has 0 aliphatic rings. The lowest BCUT2D eigenvalue weighted by Gasteiger charge is -1.88. The number of fused-ring (bicyclic) bond motifs is 1. The van der Waals surface area contributed by atoms with E-state index in [1.165, 1.54) is 0 Å². The van der Waals surface area contributed by atoms with Gasteiger partial charge in [0.15, 0.2) is 5.58 Å². The van der Waals surface area contributed by atoms with Crippen LogP contribution in [0.4, 0.5) is 6.01 Å². The highest BCUT2D eigenvalue weighted by Gasteiger charge is 2.02. The van der Waals surface area contributed by atoms with Crippen LogP contribution in [0.5, 0.6) is 0 Å². The number of nitrogens with two attached hydrogens (primary N) is 1. The summed E-state index contributed by atoms with van der Waals surface area (Å²) >= 11 is 0. The summed E-state index contributed by atoms with van der Waals surface area (Å²) < 4.78 is 5.25. The van der Waals surface area contributed by atoms with Crippen LogP contribution in [0.2, 0.25) is 0 Å². The van der Waals surface area contributed by atoms with Crippen LogP contribution < -0.4 is 11.3 Å². The zero-order valence-electron chi connectivity index (χ0n) is 6.66. The van der Waals surface area contributed by atoms with Crippen molar-refractivity contribution in [2.75, 3.05) is 5.43 Å². The van der Waals surface area contributed by atoms with E-state index < -0.39 is 0 Å². The second-order valence-corrected chi connectivity index (χ2v) is 2.63. The van der Waals surface area contributed by atoms with Crippen LogP contribution in [-0.4, -0.2) is 4.98 Å². The first-order valence-electron chi connectivity index (χ1n) is 3.63. The number of benzene rings is 1. The van der Waals surface area contributed by atoms with Gasteiger partial charge in [0.25, 0.3) is 0 Å². The molecule has 4 heteroatoms. The quantitative estimate of drug-likeness (QED) is 0.493. The Morgan fingerprint density at radius 3 is 3.08 bits per heavy atom. The first kappa shape index (κ1) is 7.12. The fraction of sp³-hybridized carbons (Fsp3) is 0.125. The number of anilines is 1. The molecule has 1 aromatic heterocycles. The summed E-state index contributed by atoms with van der Waals surface area (Å²) in [7, 11) is 0. The van der Waals surface area contributed by atoms with Crippen LogP contribution in [0.25, 0.3) is 11.1 Å². The third-order valence-electron chi connectivity index (χ3n) is 1.67. The van der Waals surface area contributed by atoms with Gasteiger partial charge in [-0.3, -0.25) is 5.43 Å². The largest absolute Gasteiger partial charge is 0.423 e. The van der Waals surface area contributed by atoms with E-state index in [2.05, 4.69) is 10.4 Å². The predicted molar refractivity (Wildman–Crippen MR) is 46.6 cm³/mol. The summed E-state index contributed by atoms with van der Waals surface area (Å²) in [6, 6.07) is 6.14. The Kier molecular flexibility index (Phi) is 1.48. The van der Waals surface area contributed by atoms with Crippen LogP contribution in [0.15, 0.2) is 22.6 Å². The highest BCUT2D eigenvalue weighted by Crippen LogP contribution is 2.18. The van der Waals surface area contributed by atoms with Crippen LogP contribution in [0, 0.1) is 6.92 Å². The number of oxazole rings is 1. The SMILES string of the molecule is Cc1ccc2nc(NN)oc2c1. The number of hydrogen-bond acceptors (Lipinski definition) is 4. The van der Waals surface area contributed by atoms with E-state index >= 15 is 0 Å². The van der Waals surface area contributed by atoms with Crippen molar-refractivity contribution >= 4 is 17.1 Å². The Bertz CT molecular complexity index is 408. The number of hydrazine groups is 1. The number of nitrogens with one attached hydrogen (secondary N) is 1. The minimum absolute atomic E-state index is 0.343. The smallest absolute Gasteiger partial charge is 0.310 e. The zero-order chi connectivity index (χ0) is 8.55. The number of nitrogen functional groups attached to an aromatic ring is 1. The molecule has 0 aliphatic carbocycles. The molecule has 0 unspecified atom stereocenters. The van der Waals surface area contributed by atoms with Crippen molar-refractivity contribution in [3.05, 3.63) is 23.8 Å². The Labute approximate surface area is 69.4 Å². The molecular weight excluding hydrogens is 154 g/mol. The Morgan fingerprint density at radius 1 is 1.50 bits per heavy atom. The number of rotatable bonds is 1. The van der Waals surface area contributed by atoms with Crippen LogP contribution in [-0.2, 0) is 0 Å². The Balaban J connectivity index is 2.67. The minimum atomic E-state index is 0.343. The van der Waals surface area contributed by atoms with E-state index in [1.807, 2.05) is 25.1 Å². The van der Waals surface area contributed by atoms with Crippen molar-refractivity contribution in [3.63, 3.8) is 0 Å². The fourth-order valence-electron chi connectivity index (χ4n) is 1.09. The molecule has 0 saturated heterocycles. The lowest BCUT2D eigenvalue weighted by Crippen LogP contribution is -2.06. The molecule has 2 rings (SSSR count). The molecular formula is C8H9N3O. The van der Waals surface area contributed by atoms with Crippen molar-refractivity contribution in [2.24, 2.45) is 5.84 Å². The normalized spacial score (nSPS) is 10.5. The Morgan fingerprint density at radius 2 is 2.33 bits per heavy atom. The first-order valence-corrected chi connectivity index (χ1v) is 3.63. The van der Waals surface area contributed by atoms with Crippen molar-refractivity contribution in [2.45, 2.75) is 6.92 Å². The van der Waals surface area contributed by atoms with Crippen molar-refractivity contribution in [1.29, 1.82) is 0 Å². The molecule has 1 aromatic carbocycles. The summed E-state index contributed by atoms with van der Waals surface area (Å²) in [6.07, 6.45) is 0. The van der Waals surface area contributed by atoms with Gasteiger partial charge >= 0.3 is 6.01 Å². The molecule has 0 saturated carbocycles. The third-order valence-corrected chi connectivity index (χ3v) is 1.67. The van der Waals surface area contributed by atoms with Gasteiger partial charge in [0.1, 0.15) is 5.52 Å². The van der Waals surface area contributed by atoms with Gasteiger partial charge < -0.3 is 4.42 Å². The van der Waals surface area contributed by atoms with Crippen LogP contribution >= 0.6 is 0 Å². The highest BCUT2D eigenvalue weighted by molar-refractivity contribution is 5.75. The molecule has 0 fully saturated rings. The first-order chi connectivity index (χ1) is 5.79. The molecule has 12 heavy (non-hydrogen) atoms. The molecule has 2 aromatic rings. The number of hydrogen-bond donors (Lipinski definition) is 2. The molecule has 0 amide bonds.